The number of hydrogen-bond acceptors (Lipinski definition) is 3. The van der Waals surface area contributed by atoms with Crippen LogP contribution in [-0.4, -0.2) is 62.2 Å². The molecule has 0 aromatic heterocycles. The summed E-state index contributed by atoms with van der Waals surface area (Å²) in [5.41, 5.74) is 0.677. The highest BCUT2D eigenvalue weighted by Gasteiger charge is 2.21. The minimum Gasteiger partial charge on any atom is -0.378 e. The minimum absolute atomic E-state index is 0.0571. The molecule has 6 heteroatoms. The van der Waals surface area contributed by atoms with Crippen molar-refractivity contribution in [2.24, 2.45) is 4.99 Å². The molecule has 0 spiro atoms. The van der Waals surface area contributed by atoms with E-state index in [1.807, 2.05) is 37.3 Å². The number of amides is 1. The third kappa shape index (κ3) is 6.38. The molecule has 1 heterocycles. The van der Waals surface area contributed by atoms with Crippen LogP contribution in [0.2, 0.25) is 0 Å². The van der Waals surface area contributed by atoms with Gasteiger partial charge in [-0.2, -0.15) is 0 Å². The van der Waals surface area contributed by atoms with Crippen molar-refractivity contribution in [3.05, 3.63) is 35.9 Å². The number of guanidine groups is 1. The second kappa shape index (κ2) is 10.7. The Balaban J connectivity index is 1.78. The first kappa shape index (κ1) is 19.2. The lowest BCUT2D eigenvalue weighted by Crippen LogP contribution is -2.47. The lowest BCUT2D eigenvalue weighted by atomic mass is 10.1. The SMILES string of the molecule is CCNC(=NCCNC(=O)c1ccccc1)N1CCC(OCC)CC1. The Hall–Kier alpha value is -2.08. The number of rotatable bonds is 7. The molecule has 0 radical (unpaired) electrons. The van der Waals surface area contributed by atoms with E-state index in [1.165, 1.54) is 0 Å². The van der Waals surface area contributed by atoms with Gasteiger partial charge in [-0.25, -0.2) is 0 Å². The fourth-order valence-corrected chi connectivity index (χ4v) is 2.92. The van der Waals surface area contributed by atoms with Crippen LogP contribution in [0.4, 0.5) is 0 Å². The number of aliphatic imine (C=N–C) groups is 1. The summed E-state index contributed by atoms with van der Waals surface area (Å²) in [6.45, 7) is 8.71. The predicted octanol–water partition coefficient (Wildman–Crippen LogP) is 1.88. The van der Waals surface area contributed by atoms with Gasteiger partial charge in [-0.05, 0) is 38.8 Å². The molecule has 0 atom stereocenters. The van der Waals surface area contributed by atoms with E-state index < -0.39 is 0 Å². The Morgan fingerprint density at radius 3 is 2.56 bits per heavy atom. The first-order valence-corrected chi connectivity index (χ1v) is 9.22. The lowest BCUT2D eigenvalue weighted by Gasteiger charge is -2.34. The molecule has 25 heavy (non-hydrogen) atoms. The summed E-state index contributed by atoms with van der Waals surface area (Å²) in [6, 6.07) is 9.25. The number of hydrogen-bond donors (Lipinski definition) is 2. The Labute approximate surface area is 150 Å². The third-order valence-electron chi connectivity index (χ3n) is 4.17. The highest BCUT2D eigenvalue weighted by Crippen LogP contribution is 2.13. The van der Waals surface area contributed by atoms with Crippen molar-refractivity contribution >= 4 is 11.9 Å². The minimum atomic E-state index is -0.0571. The zero-order valence-corrected chi connectivity index (χ0v) is 15.3. The maximum absolute atomic E-state index is 12.0. The zero-order chi connectivity index (χ0) is 17.9. The molecule has 138 valence electrons. The Morgan fingerprint density at radius 1 is 1.20 bits per heavy atom. The van der Waals surface area contributed by atoms with E-state index >= 15 is 0 Å². The fraction of sp³-hybridized carbons (Fsp3) is 0.579. The first-order chi connectivity index (χ1) is 12.2. The summed E-state index contributed by atoms with van der Waals surface area (Å²) in [7, 11) is 0. The standard InChI is InChI=1S/C19H30N4O2/c1-3-20-19(23-14-10-17(11-15-23)25-4-2)22-13-12-21-18(24)16-8-6-5-7-9-16/h5-9,17H,3-4,10-15H2,1-2H3,(H,20,22)(H,21,24). The highest BCUT2D eigenvalue weighted by molar-refractivity contribution is 5.94. The molecular formula is C19H30N4O2. The van der Waals surface area contributed by atoms with E-state index in [0.717, 1.165) is 45.0 Å². The number of likely N-dealkylation sites (tertiary alicyclic amines) is 1. The van der Waals surface area contributed by atoms with E-state index in [2.05, 4.69) is 27.4 Å². The van der Waals surface area contributed by atoms with E-state index in [9.17, 15) is 4.79 Å². The summed E-state index contributed by atoms with van der Waals surface area (Å²) < 4.78 is 5.70. The van der Waals surface area contributed by atoms with Gasteiger partial charge >= 0.3 is 0 Å². The van der Waals surface area contributed by atoms with Crippen LogP contribution in [0.1, 0.15) is 37.0 Å². The van der Waals surface area contributed by atoms with Crippen LogP contribution in [-0.2, 0) is 4.74 Å². The Morgan fingerprint density at radius 2 is 1.92 bits per heavy atom. The lowest BCUT2D eigenvalue weighted by molar-refractivity contribution is 0.0264. The van der Waals surface area contributed by atoms with Crippen LogP contribution < -0.4 is 10.6 Å². The van der Waals surface area contributed by atoms with Crippen LogP contribution in [0.3, 0.4) is 0 Å². The van der Waals surface area contributed by atoms with Gasteiger partial charge in [0, 0.05) is 38.3 Å². The van der Waals surface area contributed by atoms with Crippen molar-refractivity contribution < 1.29 is 9.53 Å². The predicted molar refractivity (Wildman–Crippen MR) is 101 cm³/mol. The van der Waals surface area contributed by atoms with Gasteiger partial charge in [0.15, 0.2) is 5.96 Å². The molecule has 1 aliphatic rings. The summed E-state index contributed by atoms with van der Waals surface area (Å²) in [5.74, 6) is 0.865. The largest absolute Gasteiger partial charge is 0.378 e. The third-order valence-corrected chi connectivity index (χ3v) is 4.17. The maximum atomic E-state index is 12.0. The summed E-state index contributed by atoms with van der Waals surface area (Å²) in [5, 5.41) is 6.25. The average Bonchev–Trinajstić information content (AvgIpc) is 2.66. The fourth-order valence-electron chi connectivity index (χ4n) is 2.92. The molecule has 1 aromatic rings. The monoisotopic (exact) mass is 346 g/mol. The molecule has 2 N–H and O–H groups in total. The molecule has 1 saturated heterocycles. The quantitative estimate of drug-likeness (QED) is 0.449. The van der Waals surface area contributed by atoms with E-state index in [4.69, 9.17) is 4.74 Å². The van der Waals surface area contributed by atoms with Crippen molar-refractivity contribution in [1.29, 1.82) is 0 Å². The molecule has 0 saturated carbocycles. The van der Waals surface area contributed by atoms with Gasteiger partial charge in [-0.15, -0.1) is 0 Å². The molecule has 6 nitrogen and oxygen atoms in total. The number of piperidine rings is 1. The number of nitrogens with one attached hydrogen (secondary N) is 2. The Kier molecular flexibility index (Phi) is 8.25. The van der Waals surface area contributed by atoms with Crippen LogP contribution in [0.5, 0.6) is 0 Å². The van der Waals surface area contributed by atoms with Gasteiger partial charge in [0.2, 0.25) is 0 Å². The van der Waals surface area contributed by atoms with Crippen molar-refractivity contribution in [3.8, 4) is 0 Å². The average molecular weight is 346 g/mol. The van der Waals surface area contributed by atoms with Gasteiger partial charge in [-0.3, -0.25) is 9.79 Å². The van der Waals surface area contributed by atoms with Crippen LogP contribution >= 0.6 is 0 Å². The number of ether oxygens (including phenoxy) is 1. The number of carbonyl (C=O) groups is 1. The molecule has 0 aliphatic carbocycles. The molecule has 2 rings (SSSR count). The van der Waals surface area contributed by atoms with E-state index in [0.29, 0.717) is 24.8 Å². The number of benzene rings is 1. The van der Waals surface area contributed by atoms with E-state index in [1.54, 1.807) is 0 Å². The van der Waals surface area contributed by atoms with Gasteiger partial charge in [0.05, 0.1) is 12.6 Å². The van der Waals surface area contributed by atoms with Crippen molar-refractivity contribution in [3.63, 3.8) is 0 Å². The van der Waals surface area contributed by atoms with Crippen LogP contribution in [0.25, 0.3) is 0 Å². The van der Waals surface area contributed by atoms with Gasteiger partial charge < -0.3 is 20.3 Å². The molecule has 1 aliphatic heterocycles. The first-order valence-electron chi connectivity index (χ1n) is 9.22. The summed E-state index contributed by atoms with van der Waals surface area (Å²) in [4.78, 5) is 18.9. The second-order valence-corrected chi connectivity index (χ2v) is 6.00. The van der Waals surface area contributed by atoms with E-state index in [-0.39, 0.29) is 5.91 Å². The van der Waals surface area contributed by atoms with Crippen molar-refractivity contribution in [1.82, 2.24) is 15.5 Å². The van der Waals surface area contributed by atoms with Crippen molar-refractivity contribution in [2.45, 2.75) is 32.8 Å². The number of carbonyl (C=O) groups excluding carboxylic acids is 1. The number of nitrogens with zero attached hydrogens (tertiary/aromatic N) is 2. The van der Waals surface area contributed by atoms with Gasteiger partial charge in [0.1, 0.15) is 0 Å². The molecule has 1 fully saturated rings. The molecular weight excluding hydrogens is 316 g/mol. The smallest absolute Gasteiger partial charge is 0.251 e. The maximum Gasteiger partial charge on any atom is 0.251 e. The molecule has 1 aromatic carbocycles. The normalized spacial score (nSPS) is 15.9. The van der Waals surface area contributed by atoms with Crippen molar-refractivity contribution in [2.75, 3.05) is 39.3 Å². The van der Waals surface area contributed by atoms with Crippen LogP contribution in [0.15, 0.2) is 35.3 Å². The van der Waals surface area contributed by atoms with Gasteiger partial charge in [0.25, 0.3) is 5.91 Å². The summed E-state index contributed by atoms with van der Waals surface area (Å²) in [6.07, 6.45) is 2.43. The molecule has 1 amide bonds. The topological polar surface area (TPSA) is 66.0 Å². The highest BCUT2D eigenvalue weighted by atomic mass is 16.5. The zero-order valence-electron chi connectivity index (χ0n) is 15.3. The van der Waals surface area contributed by atoms with Crippen LogP contribution in [0, 0.1) is 0 Å². The Bertz CT molecular complexity index is 540. The summed E-state index contributed by atoms with van der Waals surface area (Å²) >= 11 is 0. The molecule has 0 bridgehead atoms. The second-order valence-electron chi connectivity index (χ2n) is 6.00. The molecule has 0 unspecified atom stereocenters. The van der Waals surface area contributed by atoms with Gasteiger partial charge in [-0.1, -0.05) is 18.2 Å².